The van der Waals surface area contributed by atoms with Crippen LogP contribution in [0.3, 0.4) is 0 Å². The SMILES string of the molecule is CC/C=C\C/C=C\C/C=C\C/C=C\CCCCCCCCCCCCCCCCCCCCCCCCC(=O)NC(COC1OC(CO)C(OC2OC(CO)C(O)C(O)C2O)C(O)C1O)C(O)CCCCCCCCCCCCCCCCCCCCCCCCCC. The first kappa shape index (κ1) is 87.0. The minimum atomic E-state index is -1.78. The third-order valence-electron chi connectivity index (χ3n) is 19.3. The summed E-state index contributed by atoms with van der Waals surface area (Å²) in [6, 6.07) is -0.829. The van der Waals surface area contributed by atoms with Gasteiger partial charge in [-0.3, -0.25) is 4.79 Å². The molecule has 2 heterocycles. The van der Waals surface area contributed by atoms with Gasteiger partial charge in [-0.2, -0.15) is 0 Å². The number of hydrogen-bond donors (Lipinski definition) is 9. The normalized spacial score (nSPS) is 22.8. The average molecular weight is 1320 g/mol. The van der Waals surface area contributed by atoms with Gasteiger partial charge in [-0.05, 0) is 51.4 Å². The molecule has 0 radical (unpaired) electrons. The molecule has 1 amide bonds. The van der Waals surface area contributed by atoms with E-state index in [1.54, 1.807) is 0 Å². The molecule has 546 valence electrons. The molecule has 9 N–H and O–H groups in total. The fourth-order valence-corrected chi connectivity index (χ4v) is 13.1. The van der Waals surface area contributed by atoms with E-state index in [1.807, 2.05) is 0 Å². The van der Waals surface area contributed by atoms with E-state index in [-0.39, 0.29) is 12.5 Å². The quantitative estimate of drug-likeness (QED) is 0.0204. The van der Waals surface area contributed by atoms with Gasteiger partial charge >= 0.3 is 0 Å². The summed E-state index contributed by atoms with van der Waals surface area (Å²) >= 11 is 0. The molecule has 2 rings (SSSR count). The first-order valence-corrected chi connectivity index (χ1v) is 39.4. The number of amides is 1. The summed E-state index contributed by atoms with van der Waals surface area (Å²) in [4.78, 5) is 13.4. The molecule has 12 atom stereocenters. The molecule has 2 aliphatic heterocycles. The summed E-state index contributed by atoms with van der Waals surface area (Å²) in [5.74, 6) is -0.199. The van der Waals surface area contributed by atoms with Gasteiger partial charge in [0.25, 0.3) is 0 Å². The Balaban J connectivity index is 1.59. The third kappa shape index (κ3) is 46.8. The Morgan fingerprint density at radius 2 is 0.742 bits per heavy atom. The smallest absolute Gasteiger partial charge is 0.220 e. The number of allylic oxidation sites excluding steroid dienone is 8. The van der Waals surface area contributed by atoms with Gasteiger partial charge in [-0.1, -0.05) is 345 Å². The maximum atomic E-state index is 13.4. The highest BCUT2D eigenvalue weighted by molar-refractivity contribution is 5.76. The average Bonchev–Trinajstić information content (AvgIpc) is 0.854. The van der Waals surface area contributed by atoms with Crippen molar-refractivity contribution in [1.29, 1.82) is 0 Å². The van der Waals surface area contributed by atoms with Gasteiger partial charge in [0, 0.05) is 6.42 Å². The first-order valence-electron chi connectivity index (χ1n) is 39.4. The van der Waals surface area contributed by atoms with E-state index in [0.717, 1.165) is 77.0 Å². The van der Waals surface area contributed by atoms with Crippen molar-refractivity contribution in [2.24, 2.45) is 0 Å². The second-order valence-corrected chi connectivity index (χ2v) is 27.8. The van der Waals surface area contributed by atoms with Crippen LogP contribution in [-0.4, -0.2) is 140 Å². The molecule has 14 nitrogen and oxygen atoms in total. The molecule has 93 heavy (non-hydrogen) atoms. The molecule has 0 aromatic carbocycles. The maximum Gasteiger partial charge on any atom is 0.220 e. The molecule has 14 heteroatoms. The van der Waals surface area contributed by atoms with Gasteiger partial charge in [-0.25, -0.2) is 0 Å². The number of carbonyl (C=O) groups is 1. The van der Waals surface area contributed by atoms with Gasteiger partial charge in [-0.15, -0.1) is 0 Å². The number of unbranched alkanes of at least 4 members (excludes halogenated alkanes) is 45. The molecule has 0 aromatic rings. The first-order chi connectivity index (χ1) is 45.6. The van der Waals surface area contributed by atoms with Crippen LogP contribution in [0.2, 0.25) is 0 Å². The van der Waals surface area contributed by atoms with Crippen molar-refractivity contribution in [1.82, 2.24) is 5.32 Å². The van der Waals surface area contributed by atoms with Crippen LogP contribution < -0.4 is 5.32 Å². The molecule has 0 spiro atoms. The van der Waals surface area contributed by atoms with Crippen molar-refractivity contribution in [2.75, 3.05) is 19.8 Å². The van der Waals surface area contributed by atoms with E-state index < -0.39 is 86.8 Å². The van der Waals surface area contributed by atoms with Gasteiger partial charge in [0.1, 0.15) is 48.8 Å². The van der Waals surface area contributed by atoms with Crippen LogP contribution in [0.15, 0.2) is 48.6 Å². The second kappa shape index (κ2) is 63.4. The fourth-order valence-electron chi connectivity index (χ4n) is 13.1. The Kier molecular flexibility index (Phi) is 59.3. The lowest BCUT2D eigenvalue weighted by molar-refractivity contribution is -0.359. The number of rotatable bonds is 66. The predicted octanol–water partition coefficient (Wildman–Crippen LogP) is 17.4. The Labute approximate surface area is 569 Å². The number of hydrogen-bond acceptors (Lipinski definition) is 13. The molecular formula is C79H147NO13. The van der Waals surface area contributed by atoms with Gasteiger partial charge in [0.05, 0.1) is 32.0 Å². The number of aliphatic hydroxyl groups is 8. The highest BCUT2D eigenvalue weighted by Crippen LogP contribution is 2.30. The van der Waals surface area contributed by atoms with Crippen LogP contribution in [0.5, 0.6) is 0 Å². The lowest BCUT2D eigenvalue weighted by atomic mass is 9.97. The number of nitrogens with one attached hydrogen (secondary N) is 1. The number of ether oxygens (including phenoxy) is 4. The van der Waals surface area contributed by atoms with Crippen LogP contribution in [-0.2, 0) is 23.7 Å². The van der Waals surface area contributed by atoms with E-state index in [2.05, 4.69) is 67.8 Å². The van der Waals surface area contributed by atoms with E-state index in [1.165, 1.54) is 250 Å². The molecule has 0 aromatic heterocycles. The van der Waals surface area contributed by atoms with Crippen molar-refractivity contribution in [3.8, 4) is 0 Å². The van der Waals surface area contributed by atoms with Crippen LogP contribution >= 0.6 is 0 Å². The monoisotopic (exact) mass is 1320 g/mol. The van der Waals surface area contributed by atoms with Crippen molar-refractivity contribution >= 4 is 5.91 Å². The minimum Gasteiger partial charge on any atom is -0.394 e. The Morgan fingerprint density at radius 3 is 1.14 bits per heavy atom. The molecule has 0 aliphatic carbocycles. The van der Waals surface area contributed by atoms with Crippen LogP contribution in [0, 0.1) is 0 Å². The summed E-state index contributed by atoms with van der Waals surface area (Å²) in [5.41, 5.74) is 0. The van der Waals surface area contributed by atoms with E-state index in [4.69, 9.17) is 18.9 Å². The topological polar surface area (TPSA) is 228 Å². The van der Waals surface area contributed by atoms with Crippen LogP contribution in [0.4, 0.5) is 0 Å². The van der Waals surface area contributed by atoms with E-state index in [0.29, 0.717) is 12.8 Å². The third-order valence-corrected chi connectivity index (χ3v) is 19.3. The highest BCUT2D eigenvalue weighted by atomic mass is 16.7. The van der Waals surface area contributed by atoms with Gasteiger partial charge < -0.3 is 65.1 Å². The summed E-state index contributed by atoms with van der Waals surface area (Å²) in [5, 5.41) is 87.8. The highest BCUT2D eigenvalue weighted by Gasteiger charge is 2.51. The zero-order valence-corrected chi connectivity index (χ0v) is 59.8. The number of aliphatic hydroxyl groups excluding tert-OH is 8. The molecule has 0 saturated carbocycles. The summed E-state index contributed by atoms with van der Waals surface area (Å²) in [6.45, 7) is 2.81. The summed E-state index contributed by atoms with van der Waals surface area (Å²) in [7, 11) is 0. The van der Waals surface area contributed by atoms with E-state index in [9.17, 15) is 45.6 Å². The maximum absolute atomic E-state index is 13.4. The Morgan fingerprint density at radius 1 is 0.398 bits per heavy atom. The van der Waals surface area contributed by atoms with Crippen molar-refractivity contribution in [2.45, 2.75) is 428 Å². The van der Waals surface area contributed by atoms with Crippen LogP contribution in [0.1, 0.15) is 354 Å². The van der Waals surface area contributed by atoms with Crippen molar-refractivity contribution < 1.29 is 64.6 Å². The molecule has 2 saturated heterocycles. The lowest BCUT2D eigenvalue weighted by Gasteiger charge is -2.46. The second-order valence-electron chi connectivity index (χ2n) is 27.8. The van der Waals surface area contributed by atoms with Gasteiger partial charge in [0.2, 0.25) is 5.91 Å². The molecule has 0 bridgehead atoms. The predicted molar refractivity (Wildman–Crippen MR) is 383 cm³/mol. The summed E-state index contributed by atoms with van der Waals surface area (Å²) in [6.07, 6.45) is 67.2. The van der Waals surface area contributed by atoms with E-state index >= 15 is 0 Å². The molecule has 12 unspecified atom stereocenters. The molecule has 2 aliphatic rings. The minimum absolute atomic E-state index is 0.199. The fraction of sp³-hybridized carbons (Fsp3) is 0.886. The Hall–Kier alpha value is -2.05. The zero-order valence-electron chi connectivity index (χ0n) is 59.8. The van der Waals surface area contributed by atoms with Crippen LogP contribution in [0.25, 0.3) is 0 Å². The molecule has 2 fully saturated rings. The standard InChI is InChI=1S/C79H147NO13/c1-3-5-7-9-11-13-15-17-19-21-23-25-27-29-30-31-32-33-34-35-36-37-38-39-41-43-45-47-49-51-53-55-57-59-61-63-71(84)80-67(66-90-78-76(89)74(87)77(70(65-82)92-78)93-79-75(88)73(86)72(85)69(64-81)91-79)68(83)62-60-58-56-54-52-50-48-46-44-42-40-28-26-24-22-20-18-16-14-12-10-8-6-4-2/h5,7,11,13,17,19,23,25,67-70,72-79,81-83,85-89H,3-4,6,8-10,12,14-16,18,20-22,24,26-66H2,1-2H3,(H,80,84)/b7-5-,13-11-,19-17-,25-23-. The molecular weight excluding hydrogens is 1170 g/mol. The van der Waals surface area contributed by atoms with Crippen molar-refractivity contribution in [3.05, 3.63) is 48.6 Å². The van der Waals surface area contributed by atoms with Gasteiger partial charge in [0.15, 0.2) is 12.6 Å². The number of carbonyl (C=O) groups excluding carboxylic acids is 1. The summed E-state index contributed by atoms with van der Waals surface area (Å²) < 4.78 is 23.0. The van der Waals surface area contributed by atoms with Crippen molar-refractivity contribution in [3.63, 3.8) is 0 Å². The largest absolute Gasteiger partial charge is 0.394 e. The Bertz CT molecular complexity index is 1750. The zero-order chi connectivity index (χ0) is 67.3. The lowest BCUT2D eigenvalue weighted by Crippen LogP contribution is -2.65.